The van der Waals surface area contributed by atoms with Crippen molar-refractivity contribution in [3.63, 3.8) is 0 Å². The Hall–Kier alpha value is -2.02. The molecule has 0 fully saturated rings. The van der Waals surface area contributed by atoms with Crippen molar-refractivity contribution in [2.45, 2.75) is 26.7 Å². The molecule has 0 bridgehead atoms. The minimum atomic E-state index is -0.429. The van der Waals surface area contributed by atoms with E-state index in [1.54, 1.807) is 6.92 Å². The second-order valence-corrected chi connectivity index (χ2v) is 5.21. The molecule has 0 unspecified atom stereocenters. The van der Waals surface area contributed by atoms with Gasteiger partial charge in [-0.2, -0.15) is 0 Å². The molecular weight excluding hydrogens is 266 g/mol. The number of benzene rings is 1. The molecule has 2 rings (SSSR count). The predicted molar refractivity (Wildman–Crippen MR) is 74.5 cm³/mol. The van der Waals surface area contributed by atoms with Crippen LogP contribution < -0.4 is 5.32 Å². The Morgan fingerprint density at radius 2 is 2.26 bits per heavy atom. The summed E-state index contributed by atoms with van der Waals surface area (Å²) in [5.41, 5.74) is 1.47. The summed E-state index contributed by atoms with van der Waals surface area (Å²) in [4.78, 5) is 26.2. The number of anilines is 1. The number of aromatic nitrogens is 1. The summed E-state index contributed by atoms with van der Waals surface area (Å²) in [6, 6.07) is 2.97. The van der Waals surface area contributed by atoms with Crippen LogP contribution in [0.3, 0.4) is 0 Å². The van der Waals surface area contributed by atoms with Crippen LogP contribution in [0.25, 0.3) is 10.2 Å². The number of rotatable bonds is 4. The fourth-order valence-electron chi connectivity index (χ4n) is 1.75. The van der Waals surface area contributed by atoms with E-state index in [0.29, 0.717) is 21.8 Å². The Morgan fingerprint density at radius 3 is 2.89 bits per heavy atom. The first-order valence-corrected chi connectivity index (χ1v) is 6.68. The van der Waals surface area contributed by atoms with E-state index in [2.05, 4.69) is 10.3 Å². The highest BCUT2D eigenvalue weighted by Gasteiger charge is 2.14. The van der Waals surface area contributed by atoms with E-state index in [0.717, 1.165) is 12.0 Å². The van der Waals surface area contributed by atoms with Crippen molar-refractivity contribution in [2.24, 2.45) is 0 Å². The largest absolute Gasteiger partial charge is 0.302 e. The average Bonchev–Trinajstić information content (AvgIpc) is 2.72. The van der Waals surface area contributed by atoms with Crippen LogP contribution in [0, 0.1) is 17.0 Å². The first-order chi connectivity index (χ1) is 9.01. The summed E-state index contributed by atoms with van der Waals surface area (Å²) in [7, 11) is 0. The topological polar surface area (TPSA) is 85.1 Å². The molecular formula is C12H13N3O3S. The lowest BCUT2D eigenvalue weighted by molar-refractivity contribution is -0.384. The lowest BCUT2D eigenvalue weighted by atomic mass is 10.2. The monoisotopic (exact) mass is 279 g/mol. The number of hydrogen-bond acceptors (Lipinski definition) is 5. The average molecular weight is 279 g/mol. The highest BCUT2D eigenvalue weighted by atomic mass is 32.1. The molecule has 2 aromatic rings. The Balaban J connectivity index is 2.37. The van der Waals surface area contributed by atoms with Crippen LogP contribution in [0.15, 0.2) is 12.1 Å². The molecule has 0 saturated heterocycles. The molecule has 0 spiro atoms. The number of nitrogens with zero attached hydrogens (tertiary/aromatic N) is 2. The molecule has 100 valence electrons. The number of fused-ring (bicyclic) bond motifs is 1. The summed E-state index contributed by atoms with van der Waals surface area (Å²) < 4.78 is 0.707. The van der Waals surface area contributed by atoms with Crippen LogP contribution in [-0.4, -0.2) is 15.8 Å². The van der Waals surface area contributed by atoms with Gasteiger partial charge in [0.15, 0.2) is 5.13 Å². The molecule has 0 radical (unpaired) electrons. The summed E-state index contributed by atoms with van der Waals surface area (Å²) in [5, 5.41) is 14.0. The lowest BCUT2D eigenvalue weighted by Crippen LogP contribution is -2.09. The zero-order valence-corrected chi connectivity index (χ0v) is 11.4. The van der Waals surface area contributed by atoms with Crippen molar-refractivity contribution >= 4 is 38.3 Å². The zero-order chi connectivity index (χ0) is 14.0. The van der Waals surface area contributed by atoms with E-state index >= 15 is 0 Å². The maximum atomic E-state index is 11.5. The first-order valence-electron chi connectivity index (χ1n) is 5.86. The fourth-order valence-corrected chi connectivity index (χ4v) is 2.74. The predicted octanol–water partition coefficient (Wildman–Crippen LogP) is 3.25. The molecule has 7 heteroatoms. The molecule has 1 N–H and O–H groups in total. The number of carbonyl (C=O) groups is 1. The van der Waals surface area contributed by atoms with E-state index in [1.165, 1.54) is 23.5 Å². The zero-order valence-electron chi connectivity index (χ0n) is 10.6. The SMILES string of the molecule is CCCC(=O)Nc1nc2c(C)cc([N+](=O)[O-])cc2s1. The maximum Gasteiger partial charge on any atom is 0.271 e. The molecule has 1 heterocycles. The number of aryl methyl sites for hydroxylation is 1. The van der Waals surface area contributed by atoms with E-state index in [1.807, 2.05) is 6.92 Å². The Labute approximate surface area is 113 Å². The van der Waals surface area contributed by atoms with Gasteiger partial charge in [0.05, 0.1) is 15.1 Å². The number of nitrogens with one attached hydrogen (secondary N) is 1. The van der Waals surface area contributed by atoms with Crippen LogP contribution in [0.1, 0.15) is 25.3 Å². The summed E-state index contributed by atoms with van der Waals surface area (Å²) in [6.07, 6.45) is 1.20. The van der Waals surface area contributed by atoms with Gasteiger partial charge in [-0.15, -0.1) is 0 Å². The number of carbonyl (C=O) groups excluding carboxylic acids is 1. The van der Waals surface area contributed by atoms with Gasteiger partial charge in [0.2, 0.25) is 5.91 Å². The number of nitro benzene ring substituents is 1. The Morgan fingerprint density at radius 1 is 1.53 bits per heavy atom. The molecule has 19 heavy (non-hydrogen) atoms. The normalized spacial score (nSPS) is 10.6. The van der Waals surface area contributed by atoms with Gasteiger partial charge in [-0.1, -0.05) is 18.3 Å². The van der Waals surface area contributed by atoms with Gasteiger partial charge in [-0.25, -0.2) is 4.98 Å². The van der Waals surface area contributed by atoms with E-state index < -0.39 is 4.92 Å². The Bertz CT molecular complexity index is 651. The van der Waals surface area contributed by atoms with Gasteiger partial charge < -0.3 is 5.32 Å². The van der Waals surface area contributed by atoms with Gasteiger partial charge >= 0.3 is 0 Å². The van der Waals surface area contributed by atoms with E-state index in [-0.39, 0.29) is 11.6 Å². The second kappa shape index (κ2) is 5.31. The summed E-state index contributed by atoms with van der Waals surface area (Å²) in [5.74, 6) is -0.0892. The van der Waals surface area contributed by atoms with Crippen molar-refractivity contribution in [1.82, 2.24) is 4.98 Å². The smallest absolute Gasteiger partial charge is 0.271 e. The Kier molecular flexibility index (Phi) is 3.75. The second-order valence-electron chi connectivity index (χ2n) is 4.18. The highest BCUT2D eigenvalue weighted by molar-refractivity contribution is 7.22. The minimum absolute atomic E-state index is 0.0417. The molecule has 1 aromatic carbocycles. The third kappa shape index (κ3) is 2.87. The van der Waals surface area contributed by atoms with Crippen molar-refractivity contribution in [3.8, 4) is 0 Å². The van der Waals surface area contributed by atoms with Crippen LogP contribution >= 0.6 is 11.3 Å². The molecule has 0 aliphatic rings. The number of nitro groups is 1. The van der Waals surface area contributed by atoms with Crippen molar-refractivity contribution in [1.29, 1.82) is 0 Å². The summed E-state index contributed by atoms with van der Waals surface area (Å²) >= 11 is 1.25. The first kappa shape index (κ1) is 13.4. The number of amides is 1. The van der Waals surface area contributed by atoms with Crippen molar-refractivity contribution in [2.75, 3.05) is 5.32 Å². The van der Waals surface area contributed by atoms with Gasteiger partial charge in [0.1, 0.15) is 0 Å². The van der Waals surface area contributed by atoms with Crippen LogP contribution in [0.2, 0.25) is 0 Å². The van der Waals surface area contributed by atoms with Gasteiger partial charge in [0, 0.05) is 18.6 Å². The van der Waals surface area contributed by atoms with Crippen LogP contribution in [0.4, 0.5) is 10.8 Å². The molecule has 1 amide bonds. The van der Waals surface area contributed by atoms with Gasteiger partial charge in [-0.3, -0.25) is 14.9 Å². The molecule has 6 nitrogen and oxygen atoms in total. The summed E-state index contributed by atoms with van der Waals surface area (Å²) in [6.45, 7) is 3.69. The van der Waals surface area contributed by atoms with Crippen LogP contribution in [0.5, 0.6) is 0 Å². The molecule has 0 aliphatic heterocycles. The van der Waals surface area contributed by atoms with Gasteiger partial charge in [0.25, 0.3) is 5.69 Å². The van der Waals surface area contributed by atoms with E-state index in [9.17, 15) is 14.9 Å². The quantitative estimate of drug-likeness (QED) is 0.687. The highest BCUT2D eigenvalue weighted by Crippen LogP contribution is 2.31. The fraction of sp³-hybridized carbons (Fsp3) is 0.333. The molecule has 0 aliphatic carbocycles. The maximum absolute atomic E-state index is 11.5. The third-order valence-corrected chi connectivity index (χ3v) is 3.52. The molecule has 1 aromatic heterocycles. The van der Waals surface area contributed by atoms with Crippen molar-refractivity contribution in [3.05, 3.63) is 27.8 Å². The molecule has 0 atom stereocenters. The van der Waals surface area contributed by atoms with Crippen molar-refractivity contribution < 1.29 is 9.72 Å². The van der Waals surface area contributed by atoms with Crippen LogP contribution in [-0.2, 0) is 4.79 Å². The number of hydrogen-bond donors (Lipinski definition) is 1. The minimum Gasteiger partial charge on any atom is -0.302 e. The lowest BCUT2D eigenvalue weighted by Gasteiger charge is -1.97. The standard InChI is InChI=1S/C12H13N3O3S/c1-3-4-10(16)13-12-14-11-7(2)5-8(15(17)18)6-9(11)19-12/h5-6H,3-4H2,1-2H3,(H,13,14,16). The molecule has 0 saturated carbocycles. The van der Waals surface area contributed by atoms with Gasteiger partial charge in [-0.05, 0) is 18.9 Å². The number of thiazole rings is 1. The number of non-ortho nitro benzene ring substituents is 1. The third-order valence-electron chi connectivity index (χ3n) is 2.60. The van der Waals surface area contributed by atoms with E-state index in [4.69, 9.17) is 0 Å².